The van der Waals surface area contributed by atoms with Crippen molar-refractivity contribution in [2.24, 2.45) is 0 Å². The summed E-state index contributed by atoms with van der Waals surface area (Å²) < 4.78 is 41.8. The van der Waals surface area contributed by atoms with Gasteiger partial charge in [-0.15, -0.1) is 0 Å². The molecule has 0 spiro atoms. The standard InChI is InChI=1S/C19H23F3N6O2/c1-10-9-11(6-8-23-10)24-16-25-15(26-17(27-16)28-30-18(2,3)4)12-5-7-19(21,22)14(29)13(12)20/h6,8-9,14,29H,5,7H2,1-4H3,(H2,23,24,25,26,27,28). The van der Waals surface area contributed by atoms with E-state index in [1.54, 1.807) is 46.0 Å². The summed E-state index contributed by atoms with van der Waals surface area (Å²) in [6.07, 6.45) is -2.02. The highest BCUT2D eigenvalue weighted by molar-refractivity contribution is 5.66. The van der Waals surface area contributed by atoms with Gasteiger partial charge in [-0.25, -0.2) is 18.7 Å². The van der Waals surface area contributed by atoms with E-state index in [4.69, 9.17) is 4.84 Å². The topological polar surface area (TPSA) is 105 Å². The summed E-state index contributed by atoms with van der Waals surface area (Å²) in [6.45, 7) is 7.19. The average Bonchev–Trinajstić information content (AvgIpc) is 2.64. The molecule has 30 heavy (non-hydrogen) atoms. The predicted molar refractivity (Wildman–Crippen MR) is 105 cm³/mol. The molecule has 8 nitrogen and oxygen atoms in total. The highest BCUT2D eigenvalue weighted by atomic mass is 19.3. The zero-order chi connectivity index (χ0) is 22.1. The van der Waals surface area contributed by atoms with Crippen molar-refractivity contribution in [1.29, 1.82) is 0 Å². The van der Waals surface area contributed by atoms with Crippen molar-refractivity contribution in [2.75, 3.05) is 10.8 Å². The highest BCUT2D eigenvalue weighted by Crippen LogP contribution is 2.41. The van der Waals surface area contributed by atoms with E-state index in [0.717, 1.165) is 5.69 Å². The van der Waals surface area contributed by atoms with E-state index >= 15 is 0 Å². The van der Waals surface area contributed by atoms with Gasteiger partial charge in [0.25, 0.3) is 11.9 Å². The Morgan fingerprint density at radius 1 is 1.20 bits per heavy atom. The first-order valence-corrected chi connectivity index (χ1v) is 9.29. The van der Waals surface area contributed by atoms with Crippen LogP contribution in [0.2, 0.25) is 0 Å². The SMILES string of the molecule is Cc1cc(Nc2nc(NOC(C)(C)C)nc(C3=C(F)C(O)C(F)(F)CC3)n2)ccn1. The molecule has 2 aromatic rings. The molecule has 1 aliphatic carbocycles. The van der Waals surface area contributed by atoms with Crippen molar-refractivity contribution in [2.45, 2.75) is 58.2 Å². The molecule has 0 bridgehead atoms. The Bertz CT molecular complexity index is 962. The van der Waals surface area contributed by atoms with Crippen LogP contribution in [0.4, 0.5) is 30.8 Å². The molecule has 0 aromatic carbocycles. The molecule has 1 unspecified atom stereocenters. The summed E-state index contributed by atoms with van der Waals surface area (Å²) in [5.41, 5.74) is 3.14. The Labute approximate surface area is 171 Å². The maximum atomic E-state index is 14.5. The fourth-order valence-corrected chi connectivity index (χ4v) is 2.68. The van der Waals surface area contributed by atoms with Crippen molar-refractivity contribution in [3.63, 3.8) is 0 Å². The number of allylic oxidation sites excluding steroid dienone is 1. The molecule has 3 rings (SSSR count). The van der Waals surface area contributed by atoms with Crippen molar-refractivity contribution in [3.8, 4) is 0 Å². The van der Waals surface area contributed by atoms with Crippen LogP contribution in [0.5, 0.6) is 0 Å². The van der Waals surface area contributed by atoms with Crippen LogP contribution in [-0.2, 0) is 4.84 Å². The third-order valence-corrected chi connectivity index (χ3v) is 4.14. The zero-order valence-electron chi connectivity index (χ0n) is 17.0. The molecular weight excluding hydrogens is 401 g/mol. The number of aliphatic hydroxyl groups is 1. The van der Waals surface area contributed by atoms with E-state index in [1.165, 1.54) is 0 Å². The zero-order valence-corrected chi connectivity index (χ0v) is 17.0. The Kier molecular flexibility index (Phi) is 5.95. The molecule has 0 fully saturated rings. The van der Waals surface area contributed by atoms with Gasteiger partial charge in [-0.05, 0) is 46.2 Å². The summed E-state index contributed by atoms with van der Waals surface area (Å²) in [5, 5.41) is 12.6. The number of hydrogen-bond donors (Lipinski definition) is 3. The Morgan fingerprint density at radius 2 is 1.90 bits per heavy atom. The first-order chi connectivity index (χ1) is 13.9. The number of aryl methyl sites for hydroxylation is 1. The molecule has 0 aliphatic heterocycles. The molecule has 2 aromatic heterocycles. The lowest BCUT2D eigenvalue weighted by Crippen LogP contribution is -2.37. The third-order valence-electron chi connectivity index (χ3n) is 4.14. The van der Waals surface area contributed by atoms with Crippen LogP contribution in [0.1, 0.15) is 45.1 Å². The van der Waals surface area contributed by atoms with Crippen LogP contribution in [-0.4, -0.2) is 42.7 Å². The van der Waals surface area contributed by atoms with Gasteiger partial charge in [0, 0.05) is 29.6 Å². The minimum atomic E-state index is -3.55. The van der Waals surface area contributed by atoms with E-state index in [-0.39, 0.29) is 29.7 Å². The highest BCUT2D eigenvalue weighted by Gasteiger charge is 2.46. The third kappa shape index (κ3) is 5.22. The van der Waals surface area contributed by atoms with Crippen molar-refractivity contribution < 1.29 is 23.1 Å². The molecule has 0 saturated carbocycles. The normalized spacial score (nSPS) is 19.0. The second-order valence-electron chi connectivity index (χ2n) is 7.92. The quantitative estimate of drug-likeness (QED) is 0.620. The number of rotatable bonds is 5. The number of hydrogen-bond acceptors (Lipinski definition) is 8. The van der Waals surface area contributed by atoms with Gasteiger partial charge in [0.2, 0.25) is 5.95 Å². The van der Waals surface area contributed by atoms with Crippen LogP contribution in [0.3, 0.4) is 0 Å². The monoisotopic (exact) mass is 424 g/mol. The second-order valence-corrected chi connectivity index (χ2v) is 7.92. The molecule has 1 aliphatic rings. The molecule has 0 saturated heterocycles. The number of nitrogens with one attached hydrogen (secondary N) is 2. The van der Waals surface area contributed by atoms with Crippen LogP contribution in [0.25, 0.3) is 5.57 Å². The number of nitrogens with zero attached hydrogens (tertiary/aromatic N) is 4. The predicted octanol–water partition coefficient (Wildman–Crippen LogP) is 3.93. The molecule has 0 radical (unpaired) electrons. The van der Waals surface area contributed by atoms with Gasteiger partial charge < -0.3 is 10.4 Å². The molecule has 162 valence electrons. The summed E-state index contributed by atoms with van der Waals surface area (Å²) >= 11 is 0. The van der Waals surface area contributed by atoms with Crippen LogP contribution < -0.4 is 10.8 Å². The first kappa shape index (κ1) is 21.9. The van der Waals surface area contributed by atoms with E-state index in [1.807, 2.05) is 0 Å². The van der Waals surface area contributed by atoms with Crippen LogP contribution in [0, 0.1) is 6.92 Å². The van der Waals surface area contributed by atoms with E-state index in [0.29, 0.717) is 5.69 Å². The van der Waals surface area contributed by atoms with Gasteiger partial charge in [-0.1, -0.05) is 0 Å². The molecule has 11 heteroatoms. The fraction of sp³-hybridized carbons (Fsp3) is 0.474. The lowest BCUT2D eigenvalue weighted by Gasteiger charge is -2.27. The number of pyridine rings is 1. The van der Waals surface area contributed by atoms with E-state index in [2.05, 4.69) is 30.7 Å². The number of alkyl halides is 2. The van der Waals surface area contributed by atoms with Gasteiger partial charge >= 0.3 is 0 Å². The van der Waals surface area contributed by atoms with E-state index < -0.39 is 29.9 Å². The van der Waals surface area contributed by atoms with Gasteiger partial charge in [-0.2, -0.15) is 15.0 Å². The van der Waals surface area contributed by atoms with Gasteiger partial charge in [0.05, 0.1) is 5.60 Å². The summed E-state index contributed by atoms with van der Waals surface area (Å²) in [4.78, 5) is 22.0. The maximum absolute atomic E-state index is 14.5. The molecule has 3 N–H and O–H groups in total. The Morgan fingerprint density at radius 3 is 2.57 bits per heavy atom. The van der Waals surface area contributed by atoms with Crippen LogP contribution >= 0.6 is 0 Å². The van der Waals surface area contributed by atoms with Gasteiger partial charge in [0.1, 0.15) is 5.83 Å². The van der Waals surface area contributed by atoms with Gasteiger partial charge in [-0.3, -0.25) is 9.82 Å². The molecule has 2 heterocycles. The number of aromatic nitrogens is 4. The number of anilines is 3. The number of halogens is 3. The fourth-order valence-electron chi connectivity index (χ4n) is 2.68. The average molecular weight is 424 g/mol. The summed E-state index contributed by atoms with van der Waals surface area (Å²) in [6, 6.07) is 3.42. The maximum Gasteiger partial charge on any atom is 0.280 e. The summed E-state index contributed by atoms with van der Waals surface area (Å²) in [7, 11) is 0. The Balaban J connectivity index is 2.00. The minimum Gasteiger partial charge on any atom is -0.380 e. The summed E-state index contributed by atoms with van der Waals surface area (Å²) in [5.74, 6) is -5.09. The van der Waals surface area contributed by atoms with Crippen molar-refractivity contribution in [3.05, 3.63) is 35.7 Å². The molecule has 1 atom stereocenters. The van der Waals surface area contributed by atoms with E-state index in [9.17, 15) is 18.3 Å². The van der Waals surface area contributed by atoms with Gasteiger partial charge in [0.15, 0.2) is 11.9 Å². The van der Waals surface area contributed by atoms with Crippen molar-refractivity contribution in [1.82, 2.24) is 19.9 Å². The number of aliphatic hydroxyl groups excluding tert-OH is 1. The molecule has 0 amide bonds. The van der Waals surface area contributed by atoms with Crippen LogP contribution in [0.15, 0.2) is 24.2 Å². The second kappa shape index (κ2) is 8.15. The Hall–Kier alpha value is -2.79. The first-order valence-electron chi connectivity index (χ1n) is 9.29. The smallest absolute Gasteiger partial charge is 0.280 e. The minimum absolute atomic E-state index is 0.0396. The molecular formula is C19H23F3N6O2. The lowest BCUT2D eigenvalue weighted by atomic mass is 9.92. The lowest BCUT2D eigenvalue weighted by molar-refractivity contribution is -0.107. The largest absolute Gasteiger partial charge is 0.380 e. The van der Waals surface area contributed by atoms with Crippen molar-refractivity contribution >= 4 is 23.2 Å².